The summed E-state index contributed by atoms with van der Waals surface area (Å²) in [6.07, 6.45) is 3.74. The van der Waals surface area contributed by atoms with Gasteiger partial charge in [-0.1, -0.05) is 6.07 Å². The molecule has 3 aliphatic heterocycles. The number of aromatic nitrogens is 2. The van der Waals surface area contributed by atoms with Crippen LogP contribution in [0.2, 0.25) is 0 Å². The molecule has 0 bridgehead atoms. The van der Waals surface area contributed by atoms with E-state index in [4.69, 9.17) is 4.74 Å². The molecule has 2 unspecified atom stereocenters. The van der Waals surface area contributed by atoms with Gasteiger partial charge in [-0.05, 0) is 88.3 Å². The van der Waals surface area contributed by atoms with Crippen molar-refractivity contribution in [3.8, 4) is 5.75 Å². The molecule has 2 atom stereocenters. The Balaban J connectivity index is 1.16. The average Bonchev–Trinajstić information content (AvgIpc) is 3.49. The summed E-state index contributed by atoms with van der Waals surface area (Å²) in [5.41, 5.74) is 4.50. The van der Waals surface area contributed by atoms with Gasteiger partial charge in [0.15, 0.2) is 0 Å². The average molecular weight is 571 g/mol. The van der Waals surface area contributed by atoms with Crippen LogP contribution in [0.1, 0.15) is 56.4 Å². The zero-order valence-corrected chi connectivity index (χ0v) is 23.9. The molecule has 3 aliphatic rings. The van der Waals surface area contributed by atoms with Crippen LogP contribution >= 0.6 is 0 Å². The predicted molar refractivity (Wildman–Crippen MR) is 157 cm³/mol. The van der Waals surface area contributed by atoms with E-state index >= 15 is 0 Å². The molecule has 2 aromatic carbocycles. The smallest absolute Gasteiger partial charge is 0.262 e. The molecule has 42 heavy (non-hydrogen) atoms. The fraction of sp³-hybridized carbons (Fsp3) is 0.387. The number of aromatic amines is 1. The zero-order valence-electron chi connectivity index (χ0n) is 23.9. The maximum Gasteiger partial charge on any atom is 0.262 e. The predicted octanol–water partition coefficient (Wildman–Crippen LogP) is 2.48. The lowest BCUT2D eigenvalue weighted by Crippen LogP contribution is -2.46. The Morgan fingerprint density at radius 1 is 1.07 bits per heavy atom. The monoisotopic (exact) mass is 570 g/mol. The van der Waals surface area contributed by atoms with Gasteiger partial charge in [0, 0.05) is 24.5 Å². The summed E-state index contributed by atoms with van der Waals surface area (Å²) in [6, 6.07) is 8.92. The van der Waals surface area contributed by atoms with Crippen molar-refractivity contribution in [2.45, 2.75) is 44.8 Å². The first-order chi connectivity index (χ1) is 20.2. The number of imidazole rings is 1. The number of nitrogens with zero attached hydrogens (tertiary/aromatic N) is 4. The van der Waals surface area contributed by atoms with Crippen molar-refractivity contribution in [3.05, 3.63) is 70.2 Å². The second-order valence-electron chi connectivity index (χ2n) is 11.3. The fourth-order valence-electron chi connectivity index (χ4n) is 5.71. The van der Waals surface area contributed by atoms with Crippen molar-refractivity contribution in [2.24, 2.45) is 4.99 Å². The Bertz CT molecular complexity index is 1580. The summed E-state index contributed by atoms with van der Waals surface area (Å²) in [7, 11) is 2.03. The highest BCUT2D eigenvalue weighted by atomic mass is 16.5. The molecule has 1 aromatic heterocycles. The van der Waals surface area contributed by atoms with Crippen LogP contribution in [0.4, 0.5) is 0 Å². The van der Waals surface area contributed by atoms with E-state index in [1.165, 1.54) is 11.1 Å². The van der Waals surface area contributed by atoms with Gasteiger partial charge in [-0.15, -0.1) is 0 Å². The number of dihydropyridines is 1. The molecular formula is C31H34N6O5. The Hall–Kier alpha value is -4.35. The number of aryl methyl sites for hydroxylation is 2. The SMILES string of the molecule is Cc1ccc(OCC(O)CNC2=CC=NC(=O)C2c2nc3cc4c(cc3[nH]2)C(=O)N(C2CCN(C)CC2)C4=O)cc1C. The lowest BCUT2D eigenvalue weighted by atomic mass is 10.0. The molecule has 218 valence electrons. The first-order valence-corrected chi connectivity index (χ1v) is 14.2. The van der Waals surface area contributed by atoms with E-state index in [2.05, 4.69) is 25.2 Å². The minimum absolute atomic E-state index is 0.0717. The highest BCUT2D eigenvalue weighted by molar-refractivity contribution is 6.23. The maximum atomic E-state index is 13.3. The molecule has 0 radical (unpaired) electrons. The van der Waals surface area contributed by atoms with Crippen LogP contribution in [0.3, 0.4) is 0 Å². The minimum atomic E-state index is -0.854. The number of aliphatic hydroxyl groups is 1. The van der Waals surface area contributed by atoms with Gasteiger partial charge < -0.3 is 25.0 Å². The second-order valence-corrected chi connectivity index (χ2v) is 11.3. The highest BCUT2D eigenvalue weighted by Gasteiger charge is 2.41. The van der Waals surface area contributed by atoms with Crippen LogP contribution in [-0.4, -0.2) is 94.2 Å². The third kappa shape index (κ3) is 5.21. The third-order valence-corrected chi connectivity index (χ3v) is 8.34. The van der Waals surface area contributed by atoms with Crippen molar-refractivity contribution in [1.29, 1.82) is 0 Å². The van der Waals surface area contributed by atoms with Crippen LogP contribution < -0.4 is 10.1 Å². The number of likely N-dealkylation sites (tertiary alicyclic amines) is 1. The van der Waals surface area contributed by atoms with Crippen LogP contribution in [0.5, 0.6) is 5.75 Å². The third-order valence-electron chi connectivity index (χ3n) is 8.34. The first kappa shape index (κ1) is 27.8. The topological polar surface area (TPSA) is 140 Å². The number of hydrogen-bond donors (Lipinski definition) is 3. The number of carbonyl (C=O) groups excluding carboxylic acids is 3. The van der Waals surface area contributed by atoms with Crippen LogP contribution in [0, 0.1) is 13.8 Å². The van der Waals surface area contributed by atoms with Gasteiger partial charge in [0.25, 0.3) is 17.7 Å². The molecule has 6 rings (SSSR count). The number of amides is 3. The van der Waals surface area contributed by atoms with Crippen molar-refractivity contribution in [1.82, 2.24) is 25.1 Å². The van der Waals surface area contributed by atoms with Gasteiger partial charge in [0.05, 0.1) is 22.2 Å². The number of hydrogen-bond acceptors (Lipinski definition) is 8. The summed E-state index contributed by atoms with van der Waals surface area (Å²) in [6.45, 7) is 5.90. The second kappa shape index (κ2) is 11.1. The number of imide groups is 1. The number of allylic oxidation sites excluding steroid dienone is 1. The molecule has 3 aromatic rings. The molecule has 0 saturated carbocycles. The summed E-state index contributed by atoms with van der Waals surface area (Å²) < 4.78 is 5.74. The van der Waals surface area contributed by atoms with E-state index in [0.29, 0.717) is 39.4 Å². The molecule has 3 N–H and O–H groups in total. The first-order valence-electron chi connectivity index (χ1n) is 14.2. The van der Waals surface area contributed by atoms with Crippen LogP contribution in [0.25, 0.3) is 11.0 Å². The maximum absolute atomic E-state index is 13.3. The van der Waals surface area contributed by atoms with Crippen LogP contribution in [0.15, 0.2) is 47.1 Å². The fourth-order valence-corrected chi connectivity index (χ4v) is 5.71. The number of aliphatic hydroxyl groups excluding tert-OH is 1. The molecule has 4 heterocycles. The number of H-pyrrole nitrogens is 1. The number of fused-ring (bicyclic) bond motifs is 2. The molecular weight excluding hydrogens is 536 g/mol. The van der Waals surface area contributed by atoms with Gasteiger partial charge in [0.2, 0.25) is 0 Å². The molecule has 1 saturated heterocycles. The summed E-state index contributed by atoms with van der Waals surface area (Å²) in [4.78, 5) is 54.8. The van der Waals surface area contributed by atoms with Gasteiger partial charge in [-0.3, -0.25) is 19.3 Å². The Morgan fingerprint density at radius 3 is 2.55 bits per heavy atom. The van der Waals surface area contributed by atoms with Crippen molar-refractivity contribution < 1.29 is 24.2 Å². The largest absolute Gasteiger partial charge is 0.491 e. The summed E-state index contributed by atoms with van der Waals surface area (Å²) >= 11 is 0. The number of benzene rings is 2. The molecule has 11 heteroatoms. The molecule has 1 fully saturated rings. The normalized spacial score (nSPS) is 20.3. The Labute approximate surface area is 243 Å². The van der Waals surface area contributed by atoms with E-state index in [9.17, 15) is 19.5 Å². The van der Waals surface area contributed by atoms with E-state index in [-0.39, 0.29) is 31.0 Å². The Kier molecular flexibility index (Phi) is 7.38. The standard InChI is InChI=1S/C31H34N6O5/c1-17-4-5-21(12-18(17)2)42-16-20(38)15-33-24-6-9-32-29(39)27(24)28-34-25-13-22-23(14-26(25)35-28)31(41)37(30(22)40)19-7-10-36(3)11-8-19/h4-6,9,12-14,19-20,27,33,38H,7-8,10-11,15-16H2,1-3H3,(H,34,35). The van der Waals surface area contributed by atoms with Crippen LogP contribution in [-0.2, 0) is 4.79 Å². The zero-order chi connectivity index (χ0) is 29.5. The van der Waals surface area contributed by atoms with E-state index < -0.39 is 17.9 Å². The van der Waals surface area contributed by atoms with E-state index in [0.717, 1.165) is 37.1 Å². The van der Waals surface area contributed by atoms with Crippen molar-refractivity contribution >= 4 is 35.0 Å². The van der Waals surface area contributed by atoms with Gasteiger partial charge in [-0.2, -0.15) is 0 Å². The number of piperidine rings is 1. The number of carbonyl (C=O) groups is 3. The van der Waals surface area contributed by atoms with Gasteiger partial charge >= 0.3 is 0 Å². The molecule has 11 nitrogen and oxygen atoms in total. The summed E-state index contributed by atoms with van der Waals surface area (Å²) in [5.74, 6) is -0.855. The number of nitrogens with one attached hydrogen (secondary N) is 2. The van der Waals surface area contributed by atoms with E-state index in [1.54, 1.807) is 18.2 Å². The number of aliphatic imine (C=N–C) groups is 1. The van der Waals surface area contributed by atoms with E-state index in [1.807, 2.05) is 39.1 Å². The lowest BCUT2D eigenvalue weighted by molar-refractivity contribution is -0.118. The number of ether oxygens (including phenoxy) is 1. The molecule has 0 aliphatic carbocycles. The van der Waals surface area contributed by atoms with Gasteiger partial charge in [0.1, 0.15) is 30.2 Å². The lowest BCUT2D eigenvalue weighted by Gasteiger charge is -2.33. The minimum Gasteiger partial charge on any atom is -0.491 e. The summed E-state index contributed by atoms with van der Waals surface area (Å²) in [5, 5.41) is 13.7. The quantitative estimate of drug-likeness (QED) is 0.351. The molecule has 0 spiro atoms. The molecule has 3 amide bonds. The van der Waals surface area contributed by atoms with Gasteiger partial charge in [-0.25, -0.2) is 9.98 Å². The number of rotatable bonds is 8. The van der Waals surface area contributed by atoms with Crippen molar-refractivity contribution in [3.63, 3.8) is 0 Å². The highest BCUT2D eigenvalue weighted by Crippen LogP contribution is 2.33. The Morgan fingerprint density at radius 2 is 1.81 bits per heavy atom. The van der Waals surface area contributed by atoms with Crippen molar-refractivity contribution in [2.75, 3.05) is 33.3 Å².